The van der Waals surface area contributed by atoms with Crippen molar-refractivity contribution in [2.75, 3.05) is 25.2 Å². The van der Waals surface area contributed by atoms with Crippen LogP contribution in [0.2, 0.25) is 5.15 Å². The molecular formula is C12H14ClF3N2O. The molecule has 1 aliphatic rings. The summed E-state index contributed by atoms with van der Waals surface area (Å²) in [5, 5.41) is -0.145. The lowest BCUT2D eigenvalue weighted by atomic mass is 10.2. The number of rotatable bonds is 5. The standard InChI is InChI=1S/C12H14ClF3N2O/c1-19-5-4-18(9-2-3-9)11-7-8(12(14,15)16)6-10(13)17-11/h6-7,9H,2-5H2,1H3. The first-order valence-electron chi connectivity index (χ1n) is 5.92. The lowest BCUT2D eigenvalue weighted by molar-refractivity contribution is -0.137. The van der Waals surface area contributed by atoms with Crippen molar-refractivity contribution in [3.63, 3.8) is 0 Å². The summed E-state index contributed by atoms with van der Waals surface area (Å²) in [5.41, 5.74) is -0.773. The summed E-state index contributed by atoms with van der Waals surface area (Å²) in [4.78, 5) is 5.82. The predicted molar refractivity (Wildman–Crippen MR) is 66.5 cm³/mol. The number of hydrogen-bond acceptors (Lipinski definition) is 3. The fourth-order valence-corrected chi connectivity index (χ4v) is 2.06. The second-order valence-corrected chi connectivity index (χ2v) is 4.84. The molecule has 1 aromatic heterocycles. The maximum Gasteiger partial charge on any atom is 0.416 e. The molecule has 0 aromatic carbocycles. The van der Waals surface area contributed by atoms with Crippen LogP contribution in [0, 0.1) is 0 Å². The van der Waals surface area contributed by atoms with Gasteiger partial charge in [-0.3, -0.25) is 0 Å². The molecule has 1 fully saturated rings. The molecule has 0 unspecified atom stereocenters. The molecule has 0 spiro atoms. The van der Waals surface area contributed by atoms with Crippen LogP contribution in [0.1, 0.15) is 18.4 Å². The molecule has 0 amide bonds. The Bertz CT molecular complexity index is 449. The van der Waals surface area contributed by atoms with Gasteiger partial charge in [0.05, 0.1) is 12.2 Å². The van der Waals surface area contributed by atoms with Crippen LogP contribution in [-0.4, -0.2) is 31.3 Å². The number of hydrogen-bond donors (Lipinski definition) is 0. The third kappa shape index (κ3) is 3.73. The van der Waals surface area contributed by atoms with Crippen molar-refractivity contribution in [2.24, 2.45) is 0 Å². The van der Waals surface area contributed by atoms with Gasteiger partial charge in [0.25, 0.3) is 0 Å². The average molecular weight is 295 g/mol. The molecule has 0 saturated heterocycles. The van der Waals surface area contributed by atoms with Gasteiger partial charge in [-0.15, -0.1) is 0 Å². The quantitative estimate of drug-likeness (QED) is 0.779. The summed E-state index contributed by atoms with van der Waals surface area (Å²) in [6.07, 6.45) is -2.50. The molecule has 1 aliphatic carbocycles. The molecular weight excluding hydrogens is 281 g/mol. The smallest absolute Gasteiger partial charge is 0.383 e. The molecule has 0 bridgehead atoms. The Morgan fingerprint density at radius 1 is 1.42 bits per heavy atom. The van der Waals surface area contributed by atoms with Gasteiger partial charge in [0.2, 0.25) is 0 Å². The van der Waals surface area contributed by atoms with E-state index in [0.717, 1.165) is 25.0 Å². The van der Waals surface area contributed by atoms with Gasteiger partial charge in [-0.05, 0) is 25.0 Å². The summed E-state index contributed by atoms with van der Waals surface area (Å²) in [6.45, 7) is 0.942. The van der Waals surface area contributed by atoms with Crippen LogP contribution in [0.4, 0.5) is 19.0 Å². The van der Waals surface area contributed by atoms with E-state index in [-0.39, 0.29) is 17.0 Å². The second kappa shape index (κ2) is 5.54. The number of aromatic nitrogens is 1. The van der Waals surface area contributed by atoms with Crippen LogP contribution >= 0.6 is 11.6 Å². The van der Waals surface area contributed by atoms with Gasteiger partial charge in [-0.1, -0.05) is 11.6 Å². The summed E-state index contributed by atoms with van der Waals surface area (Å²) >= 11 is 5.69. The van der Waals surface area contributed by atoms with Gasteiger partial charge >= 0.3 is 6.18 Å². The fraction of sp³-hybridized carbons (Fsp3) is 0.583. The summed E-state index contributed by atoms with van der Waals surface area (Å²) < 4.78 is 43.2. The van der Waals surface area contributed by atoms with Gasteiger partial charge < -0.3 is 9.64 Å². The van der Waals surface area contributed by atoms with E-state index in [1.165, 1.54) is 0 Å². The number of nitrogens with zero attached hydrogens (tertiary/aromatic N) is 2. The van der Waals surface area contributed by atoms with Crippen LogP contribution in [-0.2, 0) is 10.9 Å². The molecule has 106 valence electrons. The first-order valence-corrected chi connectivity index (χ1v) is 6.30. The molecule has 0 atom stereocenters. The molecule has 1 saturated carbocycles. The van der Waals surface area contributed by atoms with E-state index in [1.54, 1.807) is 7.11 Å². The third-order valence-electron chi connectivity index (χ3n) is 2.93. The highest BCUT2D eigenvalue weighted by Gasteiger charge is 2.34. The van der Waals surface area contributed by atoms with E-state index in [9.17, 15) is 13.2 Å². The average Bonchev–Trinajstić information content (AvgIpc) is 3.12. The van der Waals surface area contributed by atoms with Crippen LogP contribution in [0.3, 0.4) is 0 Å². The second-order valence-electron chi connectivity index (χ2n) is 4.45. The van der Waals surface area contributed by atoms with E-state index in [4.69, 9.17) is 16.3 Å². The largest absolute Gasteiger partial charge is 0.416 e. The summed E-state index contributed by atoms with van der Waals surface area (Å²) in [6, 6.07) is 2.12. The Labute approximate surface area is 114 Å². The van der Waals surface area contributed by atoms with Crippen molar-refractivity contribution in [1.29, 1.82) is 0 Å². The molecule has 3 nitrogen and oxygen atoms in total. The van der Waals surface area contributed by atoms with Crippen molar-refractivity contribution in [2.45, 2.75) is 25.1 Å². The number of ether oxygens (including phenoxy) is 1. The Kier molecular flexibility index (Phi) is 4.20. The number of anilines is 1. The highest BCUT2D eigenvalue weighted by atomic mass is 35.5. The van der Waals surface area contributed by atoms with Crippen LogP contribution < -0.4 is 4.90 Å². The van der Waals surface area contributed by atoms with Crippen molar-refractivity contribution in [1.82, 2.24) is 4.98 Å². The monoisotopic (exact) mass is 294 g/mol. The van der Waals surface area contributed by atoms with Gasteiger partial charge in [-0.2, -0.15) is 13.2 Å². The molecule has 7 heteroatoms. The van der Waals surface area contributed by atoms with Crippen LogP contribution in [0.25, 0.3) is 0 Å². The maximum atomic E-state index is 12.8. The topological polar surface area (TPSA) is 25.4 Å². The molecule has 19 heavy (non-hydrogen) atoms. The third-order valence-corrected chi connectivity index (χ3v) is 3.12. The molecule has 0 N–H and O–H groups in total. The Balaban J connectivity index is 2.28. The zero-order chi connectivity index (χ0) is 14.0. The number of halogens is 4. The van der Waals surface area contributed by atoms with E-state index in [2.05, 4.69) is 4.98 Å². The number of alkyl halides is 3. The molecule has 1 heterocycles. The number of pyridine rings is 1. The van der Waals surface area contributed by atoms with Gasteiger partial charge in [0, 0.05) is 19.7 Å². The molecule has 2 rings (SSSR count). The van der Waals surface area contributed by atoms with E-state index >= 15 is 0 Å². The van der Waals surface area contributed by atoms with Crippen LogP contribution in [0.15, 0.2) is 12.1 Å². The summed E-state index contributed by atoms with van der Waals surface area (Å²) in [7, 11) is 1.55. The highest BCUT2D eigenvalue weighted by Crippen LogP contribution is 2.36. The predicted octanol–water partition coefficient (Wildman–Crippen LogP) is 3.37. The van der Waals surface area contributed by atoms with Gasteiger partial charge in [0.15, 0.2) is 0 Å². The van der Waals surface area contributed by atoms with Gasteiger partial charge in [0.1, 0.15) is 11.0 Å². The fourth-order valence-electron chi connectivity index (χ4n) is 1.85. The molecule has 1 aromatic rings. The van der Waals surface area contributed by atoms with Crippen LogP contribution in [0.5, 0.6) is 0 Å². The Hall–Kier alpha value is -1.01. The SMILES string of the molecule is COCCN(c1cc(C(F)(F)F)cc(Cl)n1)C1CC1. The normalized spacial score (nSPS) is 15.6. The van der Waals surface area contributed by atoms with E-state index < -0.39 is 11.7 Å². The Morgan fingerprint density at radius 3 is 2.63 bits per heavy atom. The minimum atomic E-state index is -4.42. The van der Waals surface area contributed by atoms with Crippen molar-refractivity contribution < 1.29 is 17.9 Å². The maximum absolute atomic E-state index is 12.8. The molecule has 0 aliphatic heterocycles. The van der Waals surface area contributed by atoms with Crippen molar-refractivity contribution in [3.05, 3.63) is 22.8 Å². The lowest BCUT2D eigenvalue weighted by Crippen LogP contribution is -2.30. The van der Waals surface area contributed by atoms with E-state index in [1.807, 2.05) is 4.90 Å². The first-order chi connectivity index (χ1) is 8.91. The zero-order valence-corrected chi connectivity index (χ0v) is 11.1. The van der Waals surface area contributed by atoms with E-state index in [0.29, 0.717) is 13.2 Å². The van der Waals surface area contributed by atoms with Crippen molar-refractivity contribution >= 4 is 17.4 Å². The Morgan fingerprint density at radius 2 is 2.11 bits per heavy atom. The minimum Gasteiger partial charge on any atom is -0.383 e. The first kappa shape index (κ1) is 14.4. The zero-order valence-electron chi connectivity index (χ0n) is 10.4. The lowest BCUT2D eigenvalue weighted by Gasteiger charge is -2.24. The summed E-state index contributed by atoms with van der Waals surface area (Å²) in [5.74, 6) is 0.263. The highest BCUT2D eigenvalue weighted by molar-refractivity contribution is 6.29. The van der Waals surface area contributed by atoms with Crippen molar-refractivity contribution in [3.8, 4) is 0 Å². The number of methoxy groups -OCH3 is 1. The molecule has 0 radical (unpaired) electrons. The minimum absolute atomic E-state index is 0.145. The van der Waals surface area contributed by atoms with Gasteiger partial charge in [-0.25, -0.2) is 4.98 Å².